The maximum Gasteiger partial charge on any atom is 0.288 e. The van der Waals surface area contributed by atoms with Crippen molar-refractivity contribution in [1.82, 2.24) is 0 Å². The zero-order chi connectivity index (χ0) is 13.2. The van der Waals surface area contributed by atoms with Crippen LogP contribution in [0.25, 0.3) is 0 Å². The highest BCUT2D eigenvalue weighted by atomic mass is 35.5. The highest BCUT2D eigenvalue weighted by Gasteiger charge is 2.22. The molecule has 0 aliphatic carbocycles. The van der Waals surface area contributed by atoms with E-state index in [2.05, 4.69) is 0 Å². The number of benzene rings is 1. The maximum atomic E-state index is 11.8. The third-order valence-electron chi connectivity index (χ3n) is 2.12. The van der Waals surface area contributed by atoms with Crippen LogP contribution in [0, 0.1) is 17.0 Å². The molecular formula is C9H9Cl2NO4S. The molecule has 0 aliphatic rings. The molecule has 17 heavy (non-hydrogen) atoms. The molecule has 1 aromatic rings. The van der Waals surface area contributed by atoms with Crippen LogP contribution in [0.4, 0.5) is 5.69 Å². The summed E-state index contributed by atoms with van der Waals surface area (Å²) in [6.07, 6.45) is 0. The van der Waals surface area contributed by atoms with Crippen LogP contribution in [-0.4, -0.2) is 25.0 Å². The second kappa shape index (κ2) is 5.20. The van der Waals surface area contributed by atoms with Crippen molar-refractivity contribution in [3.63, 3.8) is 0 Å². The molecule has 0 atom stereocenters. The van der Waals surface area contributed by atoms with Gasteiger partial charge in [-0.15, -0.1) is 11.6 Å². The van der Waals surface area contributed by atoms with Gasteiger partial charge in [0.15, 0.2) is 9.84 Å². The van der Waals surface area contributed by atoms with Crippen LogP contribution in [-0.2, 0) is 9.84 Å². The molecule has 0 N–H and O–H groups in total. The third-order valence-corrected chi connectivity index (χ3v) is 4.69. The van der Waals surface area contributed by atoms with Crippen LogP contribution in [0.15, 0.2) is 17.0 Å². The normalized spacial score (nSPS) is 11.5. The molecule has 0 amide bonds. The molecule has 0 aromatic heterocycles. The fourth-order valence-electron chi connectivity index (χ4n) is 1.33. The van der Waals surface area contributed by atoms with E-state index in [1.165, 1.54) is 6.92 Å². The van der Waals surface area contributed by atoms with Gasteiger partial charge in [-0.3, -0.25) is 10.1 Å². The Morgan fingerprint density at radius 1 is 1.41 bits per heavy atom. The second-order valence-corrected chi connectivity index (χ2v) is 6.20. The zero-order valence-electron chi connectivity index (χ0n) is 8.81. The lowest BCUT2D eigenvalue weighted by Crippen LogP contribution is -2.10. The fourth-order valence-corrected chi connectivity index (χ4v) is 3.51. The van der Waals surface area contributed by atoms with E-state index in [0.29, 0.717) is 0 Å². The van der Waals surface area contributed by atoms with Gasteiger partial charge in [0.2, 0.25) is 0 Å². The van der Waals surface area contributed by atoms with Crippen molar-refractivity contribution in [3.05, 3.63) is 32.8 Å². The molecule has 0 aliphatic heterocycles. The number of nitro groups is 1. The van der Waals surface area contributed by atoms with Gasteiger partial charge in [0.05, 0.1) is 15.6 Å². The SMILES string of the molecule is Cc1cc([N+](=O)[O-])c(Cl)cc1S(=O)(=O)CCCl. The van der Waals surface area contributed by atoms with Crippen molar-refractivity contribution in [2.45, 2.75) is 11.8 Å². The summed E-state index contributed by atoms with van der Waals surface area (Å²) < 4.78 is 23.5. The topological polar surface area (TPSA) is 77.3 Å². The quantitative estimate of drug-likeness (QED) is 0.486. The Balaban J connectivity index is 3.40. The Bertz CT molecular complexity index is 556. The van der Waals surface area contributed by atoms with Crippen molar-refractivity contribution < 1.29 is 13.3 Å². The first-order valence-corrected chi connectivity index (χ1v) is 7.09. The standard InChI is InChI=1S/C9H9Cl2NO4S/c1-6-4-8(12(13)14)7(11)5-9(6)17(15,16)3-2-10/h4-5H,2-3H2,1H3. The molecule has 0 bridgehead atoms. The Morgan fingerprint density at radius 2 is 2.00 bits per heavy atom. The van der Waals surface area contributed by atoms with Crippen LogP contribution in [0.5, 0.6) is 0 Å². The molecule has 8 heteroatoms. The largest absolute Gasteiger partial charge is 0.288 e. The predicted molar refractivity (Wildman–Crippen MR) is 65.6 cm³/mol. The summed E-state index contributed by atoms with van der Waals surface area (Å²) in [4.78, 5) is 9.93. The highest BCUT2D eigenvalue weighted by molar-refractivity contribution is 7.91. The van der Waals surface area contributed by atoms with Gasteiger partial charge in [-0.1, -0.05) is 11.6 Å². The van der Waals surface area contributed by atoms with Gasteiger partial charge < -0.3 is 0 Å². The number of nitro benzene ring substituents is 1. The van der Waals surface area contributed by atoms with Crippen molar-refractivity contribution in [1.29, 1.82) is 0 Å². The molecule has 0 fully saturated rings. The summed E-state index contributed by atoms with van der Waals surface area (Å²) in [5.41, 5.74) is -0.0276. The van der Waals surface area contributed by atoms with Crippen LogP contribution in [0.1, 0.15) is 5.56 Å². The van der Waals surface area contributed by atoms with Crippen LogP contribution in [0.2, 0.25) is 5.02 Å². The predicted octanol–water partition coefficient (Wildman–Crippen LogP) is 2.57. The van der Waals surface area contributed by atoms with Crippen molar-refractivity contribution in [2.75, 3.05) is 11.6 Å². The van der Waals surface area contributed by atoms with Gasteiger partial charge in [0.1, 0.15) is 5.02 Å². The summed E-state index contributed by atoms with van der Waals surface area (Å²) >= 11 is 11.1. The van der Waals surface area contributed by atoms with E-state index < -0.39 is 14.8 Å². The van der Waals surface area contributed by atoms with E-state index in [0.717, 1.165) is 12.1 Å². The Morgan fingerprint density at radius 3 is 2.47 bits per heavy atom. The lowest BCUT2D eigenvalue weighted by atomic mass is 10.2. The summed E-state index contributed by atoms with van der Waals surface area (Å²) in [5, 5.41) is 10.4. The van der Waals surface area contributed by atoms with E-state index >= 15 is 0 Å². The van der Waals surface area contributed by atoms with Crippen molar-refractivity contribution >= 4 is 38.7 Å². The molecule has 1 rings (SSSR count). The van der Waals surface area contributed by atoms with E-state index in [4.69, 9.17) is 23.2 Å². The third kappa shape index (κ3) is 3.08. The lowest BCUT2D eigenvalue weighted by molar-refractivity contribution is -0.384. The smallest absolute Gasteiger partial charge is 0.258 e. The van der Waals surface area contributed by atoms with Crippen molar-refractivity contribution in [2.24, 2.45) is 0 Å². The summed E-state index contributed by atoms with van der Waals surface area (Å²) in [6.45, 7) is 1.48. The van der Waals surface area contributed by atoms with E-state index in [1.807, 2.05) is 0 Å². The Labute approximate surface area is 108 Å². The molecule has 0 radical (unpaired) electrons. The molecule has 5 nitrogen and oxygen atoms in total. The average Bonchev–Trinajstić information content (AvgIpc) is 2.20. The fraction of sp³-hybridized carbons (Fsp3) is 0.333. The molecular weight excluding hydrogens is 289 g/mol. The monoisotopic (exact) mass is 297 g/mol. The van der Waals surface area contributed by atoms with Gasteiger partial charge in [0.25, 0.3) is 5.69 Å². The number of hydrogen-bond donors (Lipinski definition) is 0. The average molecular weight is 298 g/mol. The number of hydrogen-bond acceptors (Lipinski definition) is 4. The molecule has 0 spiro atoms. The zero-order valence-corrected chi connectivity index (χ0v) is 11.1. The number of halogens is 2. The molecule has 0 heterocycles. The van der Waals surface area contributed by atoms with Crippen LogP contribution >= 0.6 is 23.2 Å². The van der Waals surface area contributed by atoms with Gasteiger partial charge in [-0.2, -0.15) is 0 Å². The molecule has 1 aromatic carbocycles. The van der Waals surface area contributed by atoms with Gasteiger partial charge >= 0.3 is 0 Å². The lowest BCUT2D eigenvalue weighted by Gasteiger charge is -2.07. The van der Waals surface area contributed by atoms with Gasteiger partial charge in [-0.05, 0) is 18.6 Å². The number of sulfone groups is 1. The molecule has 0 unspecified atom stereocenters. The number of nitrogens with zero attached hydrogens (tertiary/aromatic N) is 1. The van der Waals surface area contributed by atoms with Gasteiger partial charge in [0, 0.05) is 11.9 Å². The second-order valence-electron chi connectivity index (χ2n) is 3.33. The molecule has 0 saturated carbocycles. The minimum atomic E-state index is -3.54. The van der Waals surface area contributed by atoms with Gasteiger partial charge in [-0.25, -0.2) is 8.42 Å². The number of alkyl halides is 1. The first kappa shape index (κ1) is 14.2. The highest BCUT2D eigenvalue weighted by Crippen LogP contribution is 2.30. The summed E-state index contributed by atoms with van der Waals surface area (Å²) in [7, 11) is -3.54. The summed E-state index contributed by atoms with van der Waals surface area (Å²) in [5.74, 6) is -0.278. The van der Waals surface area contributed by atoms with E-state index in [1.54, 1.807) is 0 Å². The van der Waals surface area contributed by atoms with E-state index in [9.17, 15) is 18.5 Å². The number of rotatable bonds is 4. The summed E-state index contributed by atoms with van der Waals surface area (Å²) in [6, 6.07) is 2.24. The van der Waals surface area contributed by atoms with E-state index in [-0.39, 0.29) is 32.8 Å². The molecule has 0 saturated heterocycles. The first-order valence-electron chi connectivity index (χ1n) is 4.53. The maximum absolute atomic E-state index is 11.8. The minimum absolute atomic E-state index is 0.0197. The van der Waals surface area contributed by atoms with Crippen molar-refractivity contribution in [3.8, 4) is 0 Å². The molecule has 94 valence electrons. The van der Waals surface area contributed by atoms with Crippen LogP contribution < -0.4 is 0 Å². The number of aryl methyl sites for hydroxylation is 1. The van der Waals surface area contributed by atoms with Crippen LogP contribution in [0.3, 0.4) is 0 Å². The Kier molecular flexibility index (Phi) is 4.35. The minimum Gasteiger partial charge on any atom is -0.258 e. The Hall–Kier alpha value is -0.850. The first-order chi connectivity index (χ1) is 7.79.